The molecule has 1 aliphatic heterocycles. The maximum absolute atomic E-state index is 12.1. The van der Waals surface area contributed by atoms with Crippen molar-refractivity contribution in [2.45, 2.75) is 25.5 Å². The second kappa shape index (κ2) is 6.30. The maximum Gasteiger partial charge on any atom is 0.348 e. The zero-order valence-corrected chi connectivity index (χ0v) is 14.1. The minimum absolute atomic E-state index is 0.0407. The van der Waals surface area contributed by atoms with E-state index in [1.54, 1.807) is 18.3 Å². The topological polar surface area (TPSA) is 62.8 Å². The van der Waals surface area contributed by atoms with Gasteiger partial charge in [0.25, 0.3) is 0 Å². The first-order valence-electron chi connectivity index (χ1n) is 7.09. The number of rotatable bonds is 2. The second-order valence-corrected chi connectivity index (χ2v) is 7.52. The molecule has 2 aromatic heterocycles. The minimum Gasteiger partial charge on any atom is -0.507 e. The molecule has 0 bridgehead atoms. The quantitative estimate of drug-likeness (QED) is 0.909. The molecule has 1 unspecified atom stereocenters. The van der Waals surface area contributed by atoms with E-state index in [1.165, 1.54) is 16.5 Å². The van der Waals surface area contributed by atoms with Crippen LogP contribution in [0.25, 0.3) is 0 Å². The summed E-state index contributed by atoms with van der Waals surface area (Å²) in [6.45, 7) is 4.40. The summed E-state index contributed by atoms with van der Waals surface area (Å²) in [5, 5.41) is 12.5. The lowest BCUT2D eigenvalue weighted by molar-refractivity contribution is 0.432. The molecule has 6 heteroatoms. The number of hydrogen-bond acceptors (Lipinski definition) is 6. The Morgan fingerprint density at radius 3 is 2.91 bits per heavy atom. The Balaban J connectivity index is 1.99. The predicted octanol–water partition coefficient (Wildman–Crippen LogP) is 3.69. The Hall–Kier alpha value is -1.53. The Labute approximate surface area is 136 Å². The predicted molar refractivity (Wildman–Crippen MR) is 91.7 cm³/mol. The van der Waals surface area contributed by atoms with Crippen molar-refractivity contribution in [3.63, 3.8) is 0 Å². The van der Waals surface area contributed by atoms with Gasteiger partial charge in [-0.05, 0) is 30.9 Å². The number of nitrogens with zero attached hydrogens (tertiary/aromatic N) is 1. The highest BCUT2D eigenvalue weighted by Crippen LogP contribution is 2.39. The van der Waals surface area contributed by atoms with Crippen LogP contribution >= 0.6 is 23.1 Å². The largest absolute Gasteiger partial charge is 0.507 e. The molecule has 2 aromatic rings. The Morgan fingerprint density at radius 2 is 2.23 bits per heavy atom. The Morgan fingerprint density at radius 1 is 1.41 bits per heavy atom. The van der Waals surface area contributed by atoms with Gasteiger partial charge in [-0.2, -0.15) is 11.8 Å². The van der Waals surface area contributed by atoms with Crippen molar-refractivity contribution in [2.24, 2.45) is 4.99 Å². The average molecular weight is 335 g/mol. The number of thiophene rings is 1. The van der Waals surface area contributed by atoms with Gasteiger partial charge in [0, 0.05) is 34.9 Å². The molecule has 1 N–H and O–H groups in total. The molecule has 1 aliphatic rings. The molecule has 3 rings (SSSR count). The van der Waals surface area contributed by atoms with Crippen LogP contribution in [-0.4, -0.2) is 23.1 Å². The molecule has 0 saturated carbocycles. The molecule has 1 atom stereocenters. The number of hydrogen-bond donors (Lipinski definition) is 1. The second-order valence-electron chi connectivity index (χ2n) is 5.26. The van der Waals surface area contributed by atoms with Gasteiger partial charge < -0.3 is 9.52 Å². The van der Waals surface area contributed by atoms with E-state index in [0.29, 0.717) is 24.4 Å². The summed E-state index contributed by atoms with van der Waals surface area (Å²) in [5.74, 6) is 1.27. The molecular weight excluding hydrogens is 318 g/mol. The van der Waals surface area contributed by atoms with Crippen molar-refractivity contribution in [1.29, 1.82) is 0 Å². The van der Waals surface area contributed by atoms with E-state index in [0.717, 1.165) is 5.75 Å². The van der Waals surface area contributed by atoms with Crippen LogP contribution in [0.15, 0.2) is 31.7 Å². The fraction of sp³-hybridized carbons (Fsp3) is 0.375. The van der Waals surface area contributed by atoms with Gasteiger partial charge in [0.1, 0.15) is 17.1 Å². The van der Waals surface area contributed by atoms with Gasteiger partial charge >= 0.3 is 5.63 Å². The van der Waals surface area contributed by atoms with E-state index in [-0.39, 0.29) is 16.6 Å². The van der Waals surface area contributed by atoms with Crippen LogP contribution in [0.4, 0.5) is 0 Å². The van der Waals surface area contributed by atoms with Gasteiger partial charge in [-0.1, -0.05) is 0 Å². The van der Waals surface area contributed by atoms with Crippen LogP contribution in [0.5, 0.6) is 5.75 Å². The monoisotopic (exact) mass is 335 g/mol. The fourth-order valence-electron chi connectivity index (χ4n) is 2.60. The van der Waals surface area contributed by atoms with Crippen molar-refractivity contribution >= 4 is 28.8 Å². The van der Waals surface area contributed by atoms with Gasteiger partial charge in [-0.25, -0.2) is 4.79 Å². The third-order valence-electron chi connectivity index (χ3n) is 3.63. The molecule has 0 fully saturated rings. The molecule has 0 amide bonds. The summed E-state index contributed by atoms with van der Waals surface area (Å²) >= 11 is 3.58. The van der Waals surface area contributed by atoms with Gasteiger partial charge in [0.2, 0.25) is 0 Å². The first-order chi connectivity index (χ1) is 10.6. The van der Waals surface area contributed by atoms with Crippen molar-refractivity contribution in [3.8, 4) is 5.75 Å². The van der Waals surface area contributed by atoms with Gasteiger partial charge in [0.05, 0.1) is 5.71 Å². The summed E-state index contributed by atoms with van der Waals surface area (Å²) in [5.41, 5.74) is 1.62. The van der Waals surface area contributed by atoms with E-state index in [2.05, 4.69) is 23.4 Å². The van der Waals surface area contributed by atoms with Crippen LogP contribution in [0.1, 0.15) is 33.4 Å². The summed E-state index contributed by atoms with van der Waals surface area (Å²) < 4.78 is 5.13. The third-order valence-corrected chi connectivity index (χ3v) is 6.13. The van der Waals surface area contributed by atoms with Crippen molar-refractivity contribution < 1.29 is 9.52 Å². The van der Waals surface area contributed by atoms with Gasteiger partial charge in [-0.3, -0.25) is 4.99 Å². The molecule has 0 spiro atoms. The number of aryl methyl sites for hydroxylation is 2. The van der Waals surface area contributed by atoms with E-state index in [9.17, 15) is 9.90 Å². The smallest absolute Gasteiger partial charge is 0.348 e. The zero-order chi connectivity index (χ0) is 15.7. The average Bonchev–Trinajstić information content (AvgIpc) is 2.73. The van der Waals surface area contributed by atoms with Crippen LogP contribution in [0, 0.1) is 13.8 Å². The first kappa shape index (κ1) is 15.4. The lowest BCUT2D eigenvalue weighted by atomic mass is 10.0. The lowest BCUT2D eigenvalue weighted by Crippen LogP contribution is -2.17. The molecule has 0 aliphatic carbocycles. The molecule has 0 aromatic carbocycles. The van der Waals surface area contributed by atoms with E-state index in [4.69, 9.17) is 4.42 Å². The standard InChI is InChI=1S/C16H17NO3S2/c1-9-3-5-22-15(9)13-8-11(17-4-6-21-13)14-12(18)7-10(2)20-16(14)19/h3,5,7,13,18H,4,6,8H2,1-2H3. The molecule has 3 heterocycles. The number of thioether (sulfide) groups is 1. The number of aromatic hydroxyl groups is 1. The molecule has 116 valence electrons. The van der Waals surface area contributed by atoms with Crippen molar-refractivity contribution in [2.75, 3.05) is 12.3 Å². The SMILES string of the molecule is Cc1cc(O)c(C2=NCCSC(c3sccc3C)C2)c(=O)o1. The highest BCUT2D eigenvalue weighted by molar-refractivity contribution is 7.99. The summed E-state index contributed by atoms with van der Waals surface area (Å²) in [4.78, 5) is 18.0. The van der Waals surface area contributed by atoms with E-state index >= 15 is 0 Å². The van der Waals surface area contributed by atoms with Gasteiger partial charge in [0.15, 0.2) is 0 Å². The Kier molecular flexibility index (Phi) is 4.40. The van der Waals surface area contributed by atoms with Crippen LogP contribution in [-0.2, 0) is 0 Å². The summed E-state index contributed by atoms with van der Waals surface area (Å²) in [6, 6.07) is 3.59. The van der Waals surface area contributed by atoms with Crippen molar-refractivity contribution in [3.05, 3.63) is 49.7 Å². The maximum atomic E-state index is 12.1. The molecule has 0 radical (unpaired) electrons. The van der Waals surface area contributed by atoms with Crippen molar-refractivity contribution in [1.82, 2.24) is 0 Å². The minimum atomic E-state index is -0.509. The lowest BCUT2D eigenvalue weighted by Gasteiger charge is -2.15. The molecule has 0 saturated heterocycles. The number of aliphatic imine (C=N–C) groups is 1. The molecular formula is C16H17NO3S2. The third kappa shape index (κ3) is 2.98. The molecule has 22 heavy (non-hydrogen) atoms. The van der Waals surface area contributed by atoms with E-state index in [1.807, 2.05) is 11.8 Å². The first-order valence-corrected chi connectivity index (χ1v) is 9.02. The Bertz CT molecular complexity index is 776. The van der Waals surface area contributed by atoms with E-state index < -0.39 is 5.63 Å². The van der Waals surface area contributed by atoms with Crippen LogP contribution < -0.4 is 5.63 Å². The highest BCUT2D eigenvalue weighted by atomic mass is 32.2. The van der Waals surface area contributed by atoms with Crippen LogP contribution in [0.2, 0.25) is 0 Å². The fourth-order valence-corrected chi connectivity index (χ4v) is 4.97. The van der Waals surface area contributed by atoms with Gasteiger partial charge in [-0.15, -0.1) is 11.3 Å². The highest BCUT2D eigenvalue weighted by Gasteiger charge is 2.25. The van der Waals surface area contributed by atoms with Crippen LogP contribution in [0.3, 0.4) is 0 Å². The zero-order valence-electron chi connectivity index (χ0n) is 12.5. The summed E-state index contributed by atoms with van der Waals surface area (Å²) in [6.07, 6.45) is 0.632. The molecule has 4 nitrogen and oxygen atoms in total. The normalized spacial score (nSPS) is 18.8. The summed E-state index contributed by atoms with van der Waals surface area (Å²) in [7, 11) is 0.